The summed E-state index contributed by atoms with van der Waals surface area (Å²) in [6.45, 7) is 9.39. The van der Waals surface area contributed by atoms with Crippen molar-refractivity contribution in [1.29, 1.82) is 0 Å². The van der Waals surface area contributed by atoms with Gasteiger partial charge >= 0.3 is 0 Å². The molecule has 5 saturated heterocycles. The van der Waals surface area contributed by atoms with Gasteiger partial charge in [0.1, 0.15) is 0 Å². The van der Waals surface area contributed by atoms with Gasteiger partial charge in [-0.15, -0.1) is 0 Å². The van der Waals surface area contributed by atoms with Crippen LogP contribution in [0.25, 0.3) is 0 Å². The number of sulfone groups is 2. The van der Waals surface area contributed by atoms with Crippen LogP contribution < -0.4 is 9.80 Å². The molecule has 1 aromatic carbocycles. The van der Waals surface area contributed by atoms with Crippen molar-refractivity contribution in [2.45, 2.75) is 26.3 Å². The molecule has 0 aliphatic carbocycles. The van der Waals surface area contributed by atoms with E-state index in [0.29, 0.717) is 32.1 Å². The fourth-order valence-corrected chi connectivity index (χ4v) is 8.95. The number of hydrogen-bond acceptors (Lipinski definition) is 7. The van der Waals surface area contributed by atoms with Gasteiger partial charge in [0.05, 0.1) is 29.1 Å². The van der Waals surface area contributed by atoms with Gasteiger partial charge in [-0.25, -0.2) is 16.8 Å². The van der Waals surface area contributed by atoms with Crippen LogP contribution in [-0.4, -0.2) is 107 Å². The Kier molecular flexibility index (Phi) is 6.49. The van der Waals surface area contributed by atoms with Gasteiger partial charge in [0, 0.05) is 57.2 Å². The SMILES string of the molecule is CC1(C)C[C@@H]2CN(C(=S)N3CCS(=O)(=O)CC3)C[C@H]1N(c1cccc(N3CCS(=O)(=O)CC3)c1)C2. The number of nitrogens with zero attached hydrogens (tertiary/aromatic N) is 4. The summed E-state index contributed by atoms with van der Waals surface area (Å²) in [6.07, 6.45) is 1.13. The van der Waals surface area contributed by atoms with Crippen LogP contribution in [-0.2, 0) is 19.7 Å². The summed E-state index contributed by atoms with van der Waals surface area (Å²) >= 11 is 5.90. The van der Waals surface area contributed by atoms with E-state index in [1.807, 2.05) is 0 Å². The second-order valence-corrected chi connectivity index (χ2v) is 16.2. The van der Waals surface area contributed by atoms with Crippen LogP contribution in [0.5, 0.6) is 0 Å². The third-order valence-corrected chi connectivity index (χ3v) is 11.9. The fraction of sp³-hybridized carbons (Fsp3) is 0.708. The summed E-state index contributed by atoms with van der Waals surface area (Å²) in [4.78, 5) is 9.10. The summed E-state index contributed by atoms with van der Waals surface area (Å²) < 4.78 is 47.6. The Morgan fingerprint density at radius 1 is 0.857 bits per heavy atom. The number of rotatable bonds is 2. The van der Waals surface area contributed by atoms with E-state index >= 15 is 0 Å². The van der Waals surface area contributed by atoms with Crippen molar-refractivity contribution in [2.75, 3.05) is 78.6 Å². The van der Waals surface area contributed by atoms with Crippen LogP contribution in [0.2, 0.25) is 0 Å². The summed E-state index contributed by atoms with van der Waals surface area (Å²) in [5, 5.41) is 0.790. The lowest BCUT2D eigenvalue weighted by Crippen LogP contribution is -2.55. The average Bonchev–Trinajstić information content (AvgIpc) is 3.06. The molecule has 0 saturated carbocycles. The predicted octanol–water partition coefficient (Wildman–Crippen LogP) is 1.47. The van der Waals surface area contributed by atoms with Gasteiger partial charge < -0.3 is 19.6 Å². The molecule has 5 heterocycles. The van der Waals surface area contributed by atoms with Gasteiger partial charge in [-0.05, 0) is 48.2 Å². The number of fused-ring (bicyclic) bond motifs is 4. The number of benzene rings is 1. The molecule has 0 spiro atoms. The van der Waals surface area contributed by atoms with Crippen molar-refractivity contribution in [3.05, 3.63) is 24.3 Å². The Labute approximate surface area is 215 Å². The van der Waals surface area contributed by atoms with Crippen molar-refractivity contribution < 1.29 is 16.8 Å². The molecule has 8 nitrogen and oxygen atoms in total. The molecule has 0 unspecified atom stereocenters. The van der Waals surface area contributed by atoms with E-state index in [-0.39, 0.29) is 34.5 Å². The Bertz CT molecular complexity index is 1170. The lowest BCUT2D eigenvalue weighted by molar-refractivity contribution is 0.192. The highest BCUT2D eigenvalue weighted by Gasteiger charge is 2.47. The Morgan fingerprint density at radius 3 is 2.11 bits per heavy atom. The van der Waals surface area contributed by atoms with Crippen LogP contribution in [0.4, 0.5) is 11.4 Å². The lowest BCUT2D eigenvalue weighted by atomic mass is 9.73. The molecule has 6 rings (SSSR count). The van der Waals surface area contributed by atoms with Crippen LogP contribution in [0.1, 0.15) is 20.3 Å². The van der Waals surface area contributed by atoms with Gasteiger partial charge in [0.15, 0.2) is 24.8 Å². The smallest absolute Gasteiger partial charge is 0.171 e. The van der Waals surface area contributed by atoms with Crippen molar-refractivity contribution in [3.8, 4) is 0 Å². The quantitative estimate of drug-likeness (QED) is 0.518. The maximum absolute atomic E-state index is 11.9. The fourth-order valence-electron chi connectivity index (χ4n) is 6.22. The molecule has 35 heavy (non-hydrogen) atoms. The lowest BCUT2D eigenvalue weighted by Gasteiger charge is -2.48. The Morgan fingerprint density at radius 2 is 1.46 bits per heavy atom. The predicted molar refractivity (Wildman–Crippen MR) is 145 cm³/mol. The summed E-state index contributed by atoms with van der Waals surface area (Å²) in [5.74, 6) is 1.23. The highest BCUT2D eigenvalue weighted by Crippen LogP contribution is 2.44. The first-order valence-corrected chi connectivity index (χ1v) is 16.5. The van der Waals surface area contributed by atoms with Crippen LogP contribution >= 0.6 is 12.2 Å². The third kappa shape index (κ3) is 5.27. The second kappa shape index (κ2) is 9.06. The van der Waals surface area contributed by atoms with E-state index in [0.717, 1.165) is 36.9 Å². The summed E-state index contributed by atoms with van der Waals surface area (Å²) in [6, 6.07) is 8.81. The highest BCUT2D eigenvalue weighted by molar-refractivity contribution is 7.91. The van der Waals surface area contributed by atoms with Gasteiger partial charge in [-0.1, -0.05) is 19.9 Å². The largest absolute Gasteiger partial charge is 0.369 e. The maximum atomic E-state index is 11.9. The molecule has 0 amide bonds. The molecule has 11 heteroatoms. The van der Waals surface area contributed by atoms with E-state index in [1.165, 1.54) is 5.69 Å². The number of anilines is 2. The number of piperidine rings is 1. The molecular formula is C24H36N4O4S3. The minimum atomic E-state index is -2.95. The first-order valence-electron chi connectivity index (χ1n) is 12.5. The third-order valence-electron chi connectivity index (χ3n) is 8.18. The van der Waals surface area contributed by atoms with E-state index < -0.39 is 19.7 Å². The Hall–Kier alpha value is -1.59. The first-order chi connectivity index (χ1) is 16.4. The zero-order valence-electron chi connectivity index (χ0n) is 20.6. The Balaban J connectivity index is 1.36. The average molecular weight is 541 g/mol. The molecule has 194 valence electrons. The minimum absolute atomic E-state index is 0.105. The topological polar surface area (TPSA) is 81.2 Å². The monoisotopic (exact) mass is 540 g/mol. The molecule has 5 aliphatic heterocycles. The van der Waals surface area contributed by atoms with Crippen LogP contribution in [0.15, 0.2) is 24.3 Å². The van der Waals surface area contributed by atoms with Gasteiger partial charge in [-0.2, -0.15) is 0 Å². The van der Waals surface area contributed by atoms with Crippen molar-refractivity contribution in [3.63, 3.8) is 0 Å². The van der Waals surface area contributed by atoms with E-state index in [9.17, 15) is 16.8 Å². The van der Waals surface area contributed by atoms with Crippen molar-refractivity contribution in [1.82, 2.24) is 9.80 Å². The first kappa shape index (κ1) is 25.1. The molecule has 0 aromatic heterocycles. The van der Waals surface area contributed by atoms with E-state index in [1.54, 1.807) is 0 Å². The minimum Gasteiger partial charge on any atom is -0.369 e. The van der Waals surface area contributed by atoms with Crippen LogP contribution in [0, 0.1) is 11.3 Å². The van der Waals surface area contributed by atoms with Gasteiger partial charge in [0.25, 0.3) is 0 Å². The normalized spacial score (nSPS) is 29.7. The molecule has 5 aliphatic rings. The molecule has 5 fully saturated rings. The molecule has 0 N–H and O–H groups in total. The number of hydrogen-bond donors (Lipinski definition) is 0. The summed E-state index contributed by atoms with van der Waals surface area (Å²) in [5.41, 5.74) is 2.36. The molecule has 1 aromatic rings. The van der Waals surface area contributed by atoms with Gasteiger partial charge in [0.2, 0.25) is 0 Å². The molecule has 2 atom stereocenters. The summed E-state index contributed by atoms with van der Waals surface area (Å²) in [7, 11) is -5.86. The van der Waals surface area contributed by atoms with Crippen LogP contribution in [0.3, 0.4) is 0 Å². The van der Waals surface area contributed by atoms with Gasteiger partial charge in [-0.3, -0.25) is 0 Å². The maximum Gasteiger partial charge on any atom is 0.171 e. The molecular weight excluding hydrogens is 504 g/mol. The zero-order chi connectivity index (χ0) is 25.0. The molecule has 0 radical (unpaired) electrons. The number of thiocarbonyl (C=S) groups is 1. The zero-order valence-corrected chi connectivity index (χ0v) is 23.0. The van der Waals surface area contributed by atoms with Crippen molar-refractivity contribution in [2.24, 2.45) is 11.3 Å². The second-order valence-electron chi connectivity index (χ2n) is 11.2. The van der Waals surface area contributed by atoms with E-state index in [4.69, 9.17) is 12.2 Å². The highest BCUT2D eigenvalue weighted by atomic mass is 32.2. The molecule has 2 bridgehead atoms. The van der Waals surface area contributed by atoms with E-state index in [2.05, 4.69) is 57.7 Å². The standard InChI is InChI=1S/C24H36N4O4S3/c1-24(2)15-19-16-27(23(33)26-8-12-35(31,32)13-9-26)18-22(24)28(17-19)21-5-3-4-20(14-21)25-6-10-34(29,30)11-7-25/h3-5,14,19,22H,6-13,15-18H2,1-2H3/t19-,22-/m1/s1. The van der Waals surface area contributed by atoms with Crippen molar-refractivity contribution >= 4 is 48.4 Å².